The van der Waals surface area contributed by atoms with Crippen molar-refractivity contribution in [3.63, 3.8) is 0 Å². The van der Waals surface area contributed by atoms with Gasteiger partial charge < -0.3 is 10.6 Å². The van der Waals surface area contributed by atoms with Gasteiger partial charge in [0.2, 0.25) is 5.91 Å². The molecule has 0 unspecified atom stereocenters. The number of nitrogens with zero attached hydrogens (tertiary/aromatic N) is 1. The van der Waals surface area contributed by atoms with E-state index in [0.717, 1.165) is 29.9 Å². The fourth-order valence-corrected chi connectivity index (χ4v) is 3.10. The topological polar surface area (TPSA) is 54.0 Å². The van der Waals surface area contributed by atoms with Gasteiger partial charge in [-0.15, -0.1) is 11.3 Å². The molecule has 3 rings (SSSR count). The molecule has 0 spiro atoms. The second kappa shape index (κ2) is 5.04. The lowest BCUT2D eigenvalue weighted by Crippen LogP contribution is -2.39. The third-order valence-electron chi connectivity index (χ3n) is 3.13. The normalized spacial score (nSPS) is 19.2. The van der Waals surface area contributed by atoms with E-state index in [9.17, 15) is 4.79 Å². The predicted molar refractivity (Wildman–Crippen MR) is 72.5 cm³/mol. The molecule has 0 aliphatic carbocycles. The number of para-hydroxylation sites is 1. The second-order valence-corrected chi connectivity index (χ2v) is 5.56. The lowest BCUT2D eigenvalue weighted by atomic mass is 10.2. The Morgan fingerprint density at radius 3 is 3.17 bits per heavy atom. The van der Waals surface area contributed by atoms with E-state index in [1.165, 1.54) is 4.70 Å². The molecule has 1 aliphatic rings. The van der Waals surface area contributed by atoms with Crippen molar-refractivity contribution in [1.29, 1.82) is 0 Å². The quantitative estimate of drug-likeness (QED) is 0.883. The molecule has 5 heteroatoms. The zero-order chi connectivity index (χ0) is 12.4. The van der Waals surface area contributed by atoms with Gasteiger partial charge in [-0.1, -0.05) is 12.1 Å². The molecule has 2 heterocycles. The van der Waals surface area contributed by atoms with E-state index in [-0.39, 0.29) is 11.9 Å². The zero-order valence-electron chi connectivity index (χ0n) is 9.98. The van der Waals surface area contributed by atoms with Crippen LogP contribution < -0.4 is 10.6 Å². The molecule has 1 aromatic heterocycles. The standard InChI is InChI=1S/C13H15N3OS/c17-13(10-5-3-7-14-10)15-8-12-16-9-4-1-2-6-11(9)18-12/h1-2,4,6,10,14H,3,5,7-8H2,(H,15,17)/t10-/m1/s1. The van der Waals surface area contributed by atoms with Crippen LogP contribution in [0.4, 0.5) is 0 Å². The van der Waals surface area contributed by atoms with Crippen LogP contribution in [-0.2, 0) is 11.3 Å². The molecule has 2 N–H and O–H groups in total. The highest BCUT2D eigenvalue weighted by atomic mass is 32.1. The summed E-state index contributed by atoms with van der Waals surface area (Å²) in [4.78, 5) is 16.3. The third-order valence-corrected chi connectivity index (χ3v) is 4.17. The number of hydrogen-bond acceptors (Lipinski definition) is 4. The van der Waals surface area contributed by atoms with Gasteiger partial charge in [0.15, 0.2) is 0 Å². The van der Waals surface area contributed by atoms with Crippen molar-refractivity contribution in [2.75, 3.05) is 6.54 Å². The molecule has 0 radical (unpaired) electrons. The molecule has 1 atom stereocenters. The number of hydrogen-bond donors (Lipinski definition) is 2. The molecule has 94 valence electrons. The van der Waals surface area contributed by atoms with E-state index in [1.807, 2.05) is 18.2 Å². The van der Waals surface area contributed by atoms with Crippen LogP contribution in [0.3, 0.4) is 0 Å². The molecule has 4 nitrogen and oxygen atoms in total. The molecule has 1 aromatic carbocycles. The summed E-state index contributed by atoms with van der Waals surface area (Å²) in [5.41, 5.74) is 1.01. The summed E-state index contributed by atoms with van der Waals surface area (Å²) < 4.78 is 1.17. The van der Waals surface area contributed by atoms with Gasteiger partial charge in [-0.25, -0.2) is 4.98 Å². The first-order chi connectivity index (χ1) is 8.83. The van der Waals surface area contributed by atoms with Crippen LogP contribution in [0.15, 0.2) is 24.3 Å². The number of fused-ring (bicyclic) bond motifs is 1. The van der Waals surface area contributed by atoms with Gasteiger partial charge in [-0.05, 0) is 31.5 Å². The summed E-state index contributed by atoms with van der Waals surface area (Å²) in [6, 6.07) is 8.02. The van der Waals surface area contributed by atoms with Gasteiger partial charge >= 0.3 is 0 Å². The van der Waals surface area contributed by atoms with Crippen molar-refractivity contribution in [3.05, 3.63) is 29.3 Å². The van der Waals surface area contributed by atoms with Crippen LogP contribution in [0, 0.1) is 0 Å². The Balaban J connectivity index is 1.63. The average molecular weight is 261 g/mol. The molecule has 1 fully saturated rings. The molecule has 1 saturated heterocycles. The first kappa shape index (κ1) is 11.6. The fraction of sp³-hybridized carbons (Fsp3) is 0.385. The van der Waals surface area contributed by atoms with Gasteiger partial charge in [0.25, 0.3) is 0 Å². The van der Waals surface area contributed by atoms with E-state index in [1.54, 1.807) is 11.3 Å². The monoisotopic (exact) mass is 261 g/mol. The van der Waals surface area contributed by atoms with Crippen molar-refractivity contribution in [2.45, 2.75) is 25.4 Å². The molecular weight excluding hydrogens is 246 g/mol. The minimum atomic E-state index is -0.0145. The average Bonchev–Trinajstić information content (AvgIpc) is 3.04. The number of amides is 1. The number of carbonyl (C=O) groups is 1. The number of rotatable bonds is 3. The van der Waals surface area contributed by atoms with E-state index < -0.39 is 0 Å². The molecule has 0 bridgehead atoms. The molecule has 1 amide bonds. The van der Waals surface area contributed by atoms with Gasteiger partial charge in [0.1, 0.15) is 5.01 Å². The van der Waals surface area contributed by atoms with Crippen LogP contribution in [0.25, 0.3) is 10.2 Å². The van der Waals surface area contributed by atoms with Crippen molar-refractivity contribution in [3.8, 4) is 0 Å². The van der Waals surface area contributed by atoms with Gasteiger partial charge in [-0.2, -0.15) is 0 Å². The number of aromatic nitrogens is 1. The van der Waals surface area contributed by atoms with Crippen molar-refractivity contribution in [1.82, 2.24) is 15.6 Å². The maximum atomic E-state index is 11.8. The Hall–Kier alpha value is -1.46. The second-order valence-electron chi connectivity index (χ2n) is 4.44. The lowest BCUT2D eigenvalue weighted by Gasteiger charge is -2.09. The van der Waals surface area contributed by atoms with E-state index in [4.69, 9.17) is 0 Å². The minimum Gasteiger partial charge on any atom is -0.348 e. The van der Waals surface area contributed by atoms with Crippen molar-refractivity contribution >= 4 is 27.5 Å². The molecule has 2 aromatic rings. The highest BCUT2D eigenvalue weighted by molar-refractivity contribution is 7.18. The van der Waals surface area contributed by atoms with E-state index in [0.29, 0.717) is 6.54 Å². The highest BCUT2D eigenvalue weighted by Gasteiger charge is 2.21. The number of thiazole rings is 1. The van der Waals surface area contributed by atoms with Crippen LogP contribution >= 0.6 is 11.3 Å². The van der Waals surface area contributed by atoms with Gasteiger partial charge in [0, 0.05) is 0 Å². The van der Waals surface area contributed by atoms with Gasteiger partial charge in [0.05, 0.1) is 22.8 Å². The largest absolute Gasteiger partial charge is 0.348 e. The maximum Gasteiger partial charge on any atom is 0.237 e. The first-order valence-electron chi connectivity index (χ1n) is 6.18. The number of carbonyl (C=O) groups excluding carboxylic acids is 1. The van der Waals surface area contributed by atoms with Crippen LogP contribution in [0.1, 0.15) is 17.8 Å². The molecule has 0 saturated carbocycles. The van der Waals surface area contributed by atoms with Gasteiger partial charge in [-0.3, -0.25) is 4.79 Å². The molecular formula is C13H15N3OS. The maximum absolute atomic E-state index is 11.8. The number of benzene rings is 1. The lowest BCUT2D eigenvalue weighted by molar-refractivity contribution is -0.122. The summed E-state index contributed by atoms with van der Waals surface area (Å²) >= 11 is 1.64. The van der Waals surface area contributed by atoms with Crippen LogP contribution in [0.5, 0.6) is 0 Å². The number of nitrogens with one attached hydrogen (secondary N) is 2. The Bertz CT molecular complexity index is 527. The molecule has 18 heavy (non-hydrogen) atoms. The zero-order valence-corrected chi connectivity index (χ0v) is 10.8. The summed E-state index contributed by atoms with van der Waals surface area (Å²) in [6.45, 7) is 1.47. The molecule has 1 aliphatic heterocycles. The fourth-order valence-electron chi connectivity index (χ4n) is 2.19. The summed E-state index contributed by atoms with van der Waals surface area (Å²) in [5, 5.41) is 7.10. The van der Waals surface area contributed by atoms with Crippen molar-refractivity contribution in [2.24, 2.45) is 0 Å². The third kappa shape index (κ3) is 2.37. The Kier molecular flexibility index (Phi) is 3.25. The first-order valence-corrected chi connectivity index (χ1v) is 7.00. The van der Waals surface area contributed by atoms with E-state index >= 15 is 0 Å². The SMILES string of the molecule is O=C(NCc1nc2ccccc2s1)[C@H]1CCCN1. The Morgan fingerprint density at radius 2 is 2.39 bits per heavy atom. The highest BCUT2D eigenvalue weighted by Crippen LogP contribution is 2.21. The summed E-state index contributed by atoms with van der Waals surface area (Å²) in [7, 11) is 0. The summed E-state index contributed by atoms with van der Waals surface area (Å²) in [5.74, 6) is 0.0896. The predicted octanol–water partition coefficient (Wildman–Crippen LogP) is 1.66. The van der Waals surface area contributed by atoms with Crippen LogP contribution in [-0.4, -0.2) is 23.5 Å². The van der Waals surface area contributed by atoms with Crippen molar-refractivity contribution < 1.29 is 4.79 Å². The Morgan fingerprint density at radius 1 is 1.50 bits per heavy atom. The van der Waals surface area contributed by atoms with Crippen LogP contribution in [0.2, 0.25) is 0 Å². The smallest absolute Gasteiger partial charge is 0.237 e. The van der Waals surface area contributed by atoms with E-state index in [2.05, 4.69) is 21.7 Å². The minimum absolute atomic E-state index is 0.0145. The Labute approximate surface area is 109 Å². The summed E-state index contributed by atoms with van der Waals surface area (Å²) in [6.07, 6.45) is 2.02.